The average Bonchev–Trinajstić information content (AvgIpc) is 2.32. The predicted octanol–water partition coefficient (Wildman–Crippen LogP) is 5.42. The summed E-state index contributed by atoms with van der Waals surface area (Å²) in [6.07, 6.45) is 0.728. The van der Waals surface area contributed by atoms with E-state index in [1.807, 2.05) is 0 Å². The molecule has 0 aliphatic heterocycles. The highest BCUT2D eigenvalue weighted by Crippen LogP contribution is 2.31. The van der Waals surface area contributed by atoms with E-state index >= 15 is 0 Å². The van der Waals surface area contributed by atoms with E-state index in [-0.39, 0.29) is 11.2 Å². The van der Waals surface area contributed by atoms with Gasteiger partial charge in [-0.1, -0.05) is 51.8 Å². The number of hydrogen-bond donors (Lipinski definition) is 0. The van der Waals surface area contributed by atoms with Crippen LogP contribution in [-0.2, 0) is 6.42 Å². The van der Waals surface area contributed by atoms with Crippen LogP contribution in [0.3, 0.4) is 0 Å². The summed E-state index contributed by atoms with van der Waals surface area (Å²) in [6, 6.07) is 12.9. The lowest BCUT2D eigenvalue weighted by molar-refractivity contribution is 0.625. The SMILES string of the molecule is Cc1ccc(CC(Cl)c2ccc(F)cc2Br)cc1. The largest absolute Gasteiger partial charge is 0.207 e. The van der Waals surface area contributed by atoms with Crippen LogP contribution in [0.25, 0.3) is 0 Å². The van der Waals surface area contributed by atoms with Crippen molar-refractivity contribution in [2.75, 3.05) is 0 Å². The van der Waals surface area contributed by atoms with Crippen molar-refractivity contribution in [1.82, 2.24) is 0 Å². The topological polar surface area (TPSA) is 0 Å². The Morgan fingerprint density at radius 2 is 1.83 bits per heavy atom. The Morgan fingerprint density at radius 1 is 1.17 bits per heavy atom. The van der Waals surface area contributed by atoms with Gasteiger partial charge >= 0.3 is 0 Å². The minimum Gasteiger partial charge on any atom is -0.207 e. The summed E-state index contributed by atoms with van der Waals surface area (Å²) in [5.41, 5.74) is 3.32. The predicted molar refractivity (Wildman–Crippen MR) is 77.6 cm³/mol. The van der Waals surface area contributed by atoms with E-state index in [1.54, 1.807) is 6.07 Å². The summed E-state index contributed by atoms with van der Waals surface area (Å²) >= 11 is 9.73. The van der Waals surface area contributed by atoms with E-state index in [0.29, 0.717) is 0 Å². The van der Waals surface area contributed by atoms with E-state index in [4.69, 9.17) is 11.6 Å². The molecule has 0 aliphatic carbocycles. The fourth-order valence-electron chi connectivity index (χ4n) is 1.80. The Hall–Kier alpha value is -0.860. The molecule has 0 heterocycles. The number of halogens is 3. The Bertz CT molecular complexity index is 537. The first-order valence-corrected chi connectivity index (χ1v) is 6.94. The highest BCUT2D eigenvalue weighted by Gasteiger charge is 2.12. The molecule has 3 heteroatoms. The Kier molecular flexibility index (Phi) is 4.41. The van der Waals surface area contributed by atoms with Crippen molar-refractivity contribution in [3.63, 3.8) is 0 Å². The van der Waals surface area contributed by atoms with Crippen molar-refractivity contribution in [2.24, 2.45) is 0 Å². The molecule has 2 rings (SSSR count). The molecule has 0 N–H and O–H groups in total. The van der Waals surface area contributed by atoms with Crippen molar-refractivity contribution in [2.45, 2.75) is 18.7 Å². The van der Waals surface area contributed by atoms with Gasteiger partial charge in [-0.3, -0.25) is 0 Å². The van der Waals surface area contributed by atoms with Crippen molar-refractivity contribution in [3.05, 3.63) is 69.4 Å². The number of rotatable bonds is 3. The van der Waals surface area contributed by atoms with Crippen LogP contribution in [0.2, 0.25) is 0 Å². The molecule has 1 atom stereocenters. The first-order chi connectivity index (χ1) is 8.56. The molecular formula is C15H13BrClF. The molecule has 2 aromatic carbocycles. The number of benzene rings is 2. The van der Waals surface area contributed by atoms with Crippen LogP contribution >= 0.6 is 27.5 Å². The van der Waals surface area contributed by atoms with Crippen molar-refractivity contribution < 1.29 is 4.39 Å². The minimum absolute atomic E-state index is 0.164. The summed E-state index contributed by atoms with van der Waals surface area (Å²) in [4.78, 5) is 0. The van der Waals surface area contributed by atoms with Crippen LogP contribution in [0.1, 0.15) is 22.1 Å². The molecule has 0 saturated carbocycles. The highest BCUT2D eigenvalue weighted by molar-refractivity contribution is 9.10. The first kappa shape index (κ1) is 13.6. The lowest BCUT2D eigenvalue weighted by Crippen LogP contribution is -1.97. The van der Waals surface area contributed by atoms with Crippen LogP contribution in [0.5, 0.6) is 0 Å². The standard InChI is InChI=1S/C15H13BrClF/c1-10-2-4-11(5-3-10)8-15(17)13-7-6-12(18)9-14(13)16/h2-7,9,15H,8H2,1H3. The Labute approximate surface area is 120 Å². The van der Waals surface area contributed by atoms with Gasteiger partial charge in [-0.2, -0.15) is 0 Å². The third-order valence-corrected chi connectivity index (χ3v) is 3.91. The van der Waals surface area contributed by atoms with Gasteiger partial charge in [0.15, 0.2) is 0 Å². The smallest absolute Gasteiger partial charge is 0.124 e. The second kappa shape index (κ2) is 5.85. The van der Waals surface area contributed by atoms with Gasteiger partial charge in [-0.15, -0.1) is 11.6 Å². The number of alkyl halides is 1. The van der Waals surface area contributed by atoms with Gasteiger partial charge in [0, 0.05) is 4.47 Å². The Balaban J connectivity index is 2.16. The molecule has 0 aromatic heterocycles. The van der Waals surface area contributed by atoms with Crippen molar-refractivity contribution in [3.8, 4) is 0 Å². The zero-order valence-electron chi connectivity index (χ0n) is 9.96. The molecule has 0 amide bonds. The van der Waals surface area contributed by atoms with Crippen LogP contribution in [-0.4, -0.2) is 0 Å². The average molecular weight is 328 g/mol. The quantitative estimate of drug-likeness (QED) is 0.660. The normalized spacial score (nSPS) is 12.4. The van der Waals surface area contributed by atoms with Crippen LogP contribution in [0.15, 0.2) is 46.9 Å². The molecule has 1 unspecified atom stereocenters. The molecule has 0 radical (unpaired) electrons. The number of aryl methyl sites for hydroxylation is 1. The van der Waals surface area contributed by atoms with E-state index in [2.05, 4.69) is 47.1 Å². The van der Waals surface area contributed by atoms with E-state index in [9.17, 15) is 4.39 Å². The molecule has 2 aromatic rings. The highest BCUT2D eigenvalue weighted by atomic mass is 79.9. The molecule has 18 heavy (non-hydrogen) atoms. The summed E-state index contributed by atoms with van der Waals surface area (Å²) in [6.45, 7) is 2.05. The van der Waals surface area contributed by atoms with Crippen LogP contribution in [0.4, 0.5) is 4.39 Å². The zero-order valence-corrected chi connectivity index (χ0v) is 12.3. The van der Waals surface area contributed by atoms with Crippen molar-refractivity contribution >= 4 is 27.5 Å². The molecule has 0 aliphatic rings. The second-order valence-electron chi connectivity index (χ2n) is 4.32. The van der Waals surface area contributed by atoms with Gasteiger partial charge in [0.25, 0.3) is 0 Å². The maximum absolute atomic E-state index is 13.0. The second-order valence-corrected chi connectivity index (χ2v) is 5.70. The number of hydrogen-bond acceptors (Lipinski definition) is 0. The molecule has 0 spiro atoms. The fourth-order valence-corrected chi connectivity index (χ4v) is 2.92. The first-order valence-electron chi connectivity index (χ1n) is 5.71. The summed E-state index contributed by atoms with van der Waals surface area (Å²) in [5.74, 6) is -0.259. The lowest BCUT2D eigenvalue weighted by atomic mass is 10.0. The molecular weight excluding hydrogens is 315 g/mol. The molecule has 0 nitrogen and oxygen atoms in total. The third-order valence-electron chi connectivity index (χ3n) is 2.84. The van der Waals surface area contributed by atoms with Gasteiger partial charge in [-0.25, -0.2) is 4.39 Å². The molecule has 94 valence electrons. The Morgan fingerprint density at radius 3 is 2.44 bits per heavy atom. The summed E-state index contributed by atoms with van der Waals surface area (Å²) in [7, 11) is 0. The minimum atomic E-state index is -0.259. The maximum atomic E-state index is 13.0. The monoisotopic (exact) mass is 326 g/mol. The van der Waals surface area contributed by atoms with Gasteiger partial charge in [0.05, 0.1) is 5.38 Å². The van der Waals surface area contributed by atoms with Gasteiger partial charge < -0.3 is 0 Å². The van der Waals surface area contributed by atoms with Gasteiger partial charge in [0.2, 0.25) is 0 Å². The van der Waals surface area contributed by atoms with Gasteiger partial charge in [-0.05, 0) is 36.6 Å². The van der Waals surface area contributed by atoms with Crippen LogP contribution < -0.4 is 0 Å². The zero-order chi connectivity index (χ0) is 13.1. The fraction of sp³-hybridized carbons (Fsp3) is 0.200. The van der Waals surface area contributed by atoms with E-state index < -0.39 is 0 Å². The van der Waals surface area contributed by atoms with Crippen LogP contribution in [0, 0.1) is 12.7 Å². The third kappa shape index (κ3) is 3.33. The molecule has 0 saturated heterocycles. The van der Waals surface area contributed by atoms with Crippen molar-refractivity contribution in [1.29, 1.82) is 0 Å². The van der Waals surface area contributed by atoms with Gasteiger partial charge in [0.1, 0.15) is 5.82 Å². The van der Waals surface area contributed by atoms with E-state index in [1.165, 1.54) is 23.3 Å². The summed E-state index contributed by atoms with van der Waals surface area (Å²) in [5, 5.41) is -0.164. The summed E-state index contributed by atoms with van der Waals surface area (Å²) < 4.78 is 13.7. The molecule has 0 bridgehead atoms. The van der Waals surface area contributed by atoms with E-state index in [0.717, 1.165) is 16.5 Å². The molecule has 0 fully saturated rings. The maximum Gasteiger partial charge on any atom is 0.124 e. The lowest BCUT2D eigenvalue weighted by Gasteiger charge is -2.12.